The van der Waals surface area contributed by atoms with Crippen LogP contribution in [0.3, 0.4) is 0 Å². The van der Waals surface area contributed by atoms with Crippen LogP contribution < -0.4 is 14.8 Å². The van der Waals surface area contributed by atoms with Gasteiger partial charge in [0, 0.05) is 28.3 Å². The van der Waals surface area contributed by atoms with Gasteiger partial charge in [-0.15, -0.1) is 0 Å². The summed E-state index contributed by atoms with van der Waals surface area (Å²) in [4.78, 5) is 0. The van der Waals surface area contributed by atoms with Gasteiger partial charge in [0.1, 0.15) is 11.5 Å². The highest BCUT2D eigenvalue weighted by molar-refractivity contribution is 9.10. The summed E-state index contributed by atoms with van der Waals surface area (Å²) in [5, 5.41) is 3.15. The summed E-state index contributed by atoms with van der Waals surface area (Å²) < 4.78 is 34.9. The lowest BCUT2D eigenvalue weighted by atomic mass is 10.2. The molecule has 0 aliphatic carbocycles. The quantitative estimate of drug-likeness (QED) is 0.814. The predicted octanol–water partition coefficient (Wildman–Crippen LogP) is 4.67. The van der Waals surface area contributed by atoms with Crippen LogP contribution in [-0.4, -0.2) is 13.7 Å². The monoisotopic (exact) mass is 357 g/mol. The van der Waals surface area contributed by atoms with Crippen molar-refractivity contribution in [3.8, 4) is 11.5 Å². The van der Waals surface area contributed by atoms with Crippen LogP contribution in [0.2, 0.25) is 0 Å². The average molecular weight is 358 g/mol. The highest BCUT2D eigenvalue weighted by atomic mass is 79.9. The molecular weight excluding hydrogens is 344 g/mol. The number of alkyl halides is 2. The maximum absolute atomic E-state index is 12.2. The molecule has 0 radical (unpaired) electrons. The third-order valence-corrected chi connectivity index (χ3v) is 3.28. The summed E-state index contributed by atoms with van der Waals surface area (Å²) in [6.45, 7) is -2.33. The molecule has 0 fully saturated rings. The van der Waals surface area contributed by atoms with E-state index in [0.717, 1.165) is 15.8 Å². The Morgan fingerprint density at radius 1 is 1.19 bits per heavy atom. The van der Waals surface area contributed by atoms with E-state index in [1.54, 1.807) is 19.2 Å². The number of nitrogens with one attached hydrogen (secondary N) is 1. The second-order valence-electron chi connectivity index (χ2n) is 4.22. The molecule has 0 aliphatic rings. The van der Waals surface area contributed by atoms with Crippen LogP contribution in [0.5, 0.6) is 11.5 Å². The Kier molecular flexibility index (Phi) is 5.38. The molecule has 2 rings (SSSR count). The van der Waals surface area contributed by atoms with Crippen molar-refractivity contribution in [3.63, 3.8) is 0 Å². The van der Waals surface area contributed by atoms with E-state index in [9.17, 15) is 8.78 Å². The van der Waals surface area contributed by atoms with Crippen LogP contribution in [0.4, 0.5) is 14.5 Å². The molecule has 0 bridgehead atoms. The van der Waals surface area contributed by atoms with E-state index in [4.69, 9.17) is 4.74 Å². The van der Waals surface area contributed by atoms with Crippen molar-refractivity contribution >= 4 is 21.6 Å². The van der Waals surface area contributed by atoms with Crippen molar-refractivity contribution in [3.05, 3.63) is 52.5 Å². The van der Waals surface area contributed by atoms with E-state index >= 15 is 0 Å². The van der Waals surface area contributed by atoms with Gasteiger partial charge in [0.2, 0.25) is 0 Å². The van der Waals surface area contributed by atoms with E-state index < -0.39 is 6.61 Å². The SMILES string of the molecule is COc1ccc(Br)cc1CNc1cccc(OC(F)F)c1. The molecule has 2 aromatic rings. The van der Waals surface area contributed by atoms with Gasteiger partial charge in [-0.2, -0.15) is 8.78 Å². The number of halogens is 3. The number of hydrogen-bond donors (Lipinski definition) is 1. The Balaban J connectivity index is 2.07. The molecular formula is C15H14BrF2NO2. The molecule has 0 aliphatic heterocycles. The van der Waals surface area contributed by atoms with Crippen molar-refractivity contribution < 1.29 is 18.3 Å². The minimum Gasteiger partial charge on any atom is -0.496 e. The molecule has 6 heteroatoms. The van der Waals surface area contributed by atoms with Crippen LogP contribution in [0, 0.1) is 0 Å². The lowest BCUT2D eigenvalue weighted by Crippen LogP contribution is -2.04. The third kappa shape index (κ3) is 4.60. The molecule has 0 spiro atoms. The Morgan fingerprint density at radius 2 is 2.00 bits per heavy atom. The largest absolute Gasteiger partial charge is 0.496 e. The van der Waals surface area contributed by atoms with E-state index in [-0.39, 0.29) is 5.75 Å². The number of methoxy groups -OCH3 is 1. The van der Waals surface area contributed by atoms with Gasteiger partial charge < -0.3 is 14.8 Å². The minimum absolute atomic E-state index is 0.121. The van der Waals surface area contributed by atoms with E-state index in [2.05, 4.69) is 26.0 Å². The molecule has 2 aromatic carbocycles. The summed E-state index contributed by atoms with van der Waals surface area (Å²) >= 11 is 3.40. The topological polar surface area (TPSA) is 30.5 Å². The molecule has 1 N–H and O–H groups in total. The Morgan fingerprint density at radius 3 is 2.71 bits per heavy atom. The van der Waals surface area contributed by atoms with Crippen molar-refractivity contribution in [2.24, 2.45) is 0 Å². The summed E-state index contributed by atoms with van der Waals surface area (Å²) in [7, 11) is 1.60. The third-order valence-electron chi connectivity index (χ3n) is 2.78. The summed E-state index contributed by atoms with van der Waals surface area (Å²) in [5.41, 5.74) is 1.64. The summed E-state index contributed by atoms with van der Waals surface area (Å²) in [6, 6.07) is 12.1. The molecule has 0 atom stereocenters. The Bertz CT molecular complexity index is 608. The number of anilines is 1. The van der Waals surface area contributed by atoms with Crippen molar-refractivity contribution in [2.45, 2.75) is 13.2 Å². The number of ether oxygens (including phenoxy) is 2. The maximum Gasteiger partial charge on any atom is 0.387 e. The highest BCUT2D eigenvalue weighted by Gasteiger charge is 2.06. The average Bonchev–Trinajstić information content (AvgIpc) is 2.45. The number of benzene rings is 2. The zero-order valence-corrected chi connectivity index (χ0v) is 12.9. The fourth-order valence-corrected chi connectivity index (χ4v) is 2.27. The predicted molar refractivity (Wildman–Crippen MR) is 81.1 cm³/mol. The first kappa shape index (κ1) is 15.6. The second kappa shape index (κ2) is 7.26. The lowest BCUT2D eigenvalue weighted by Gasteiger charge is -2.12. The zero-order valence-electron chi connectivity index (χ0n) is 11.3. The molecule has 0 unspecified atom stereocenters. The van der Waals surface area contributed by atoms with Gasteiger partial charge in [0.25, 0.3) is 0 Å². The van der Waals surface area contributed by atoms with Gasteiger partial charge >= 0.3 is 6.61 Å². The van der Waals surface area contributed by atoms with Crippen LogP contribution >= 0.6 is 15.9 Å². The van der Waals surface area contributed by atoms with Gasteiger partial charge in [-0.25, -0.2) is 0 Å². The standard InChI is InChI=1S/C15H14BrF2NO2/c1-20-14-6-5-11(16)7-10(14)9-19-12-3-2-4-13(8-12)21-15(17)18/h2-8,15,19H,9H2,1H3. The first-order chi connectivity index (χ1) is 10.1. The van der Waals surface area contributed by atoms with Gasteiger partial charge in [0.05, 0.1) is 7.11 Å². The fraction of sp³-hybridized carbons (Fsp3) is 0.200. The van der Waals surface area contributed by atoms with E-state index in [0.29, 0.717) is 12.2 Å². The zero-order chi connectivity index (χ0) is 15.2. The van der Waals surface area contributed by atoms with E-state index in [1.807, 2.05) is 18.2 Å². The first-order valence-corrected chi connectivity index (χ1v) is 6.99. The first-order valence-electron chi connectivity index (χ1n) is 6.19. The molecule has 21 heavy (non-hydrogen) atoms. The fourth-order valence-electron chi connectivity index (χ4n) is 1.86. The Labute approximate surface area is 130 Å². The van der Waals surface area contributed by atoms with Crippen molar-refractivity contribution in [1.29, 1.82) is 0 Å². The Hall–Kier alpha value is -1.82. The van der Waals surface area contributed by atoms with Crippen LogP contribution in [0.25, 0.3) is 0 Å². The molecule has 0 saturated carbocycles. The molecule has 0 saturated heterocycles. The van der Waals surface area contributed by atoms with Crippen LogP contribution in [-0.2, 0) is 6.54 Å². The van der Waals surface area contributed by atoms with Crippen LogP contribution in [0.1, 0.15) is 5.56 Å². The highest BCUT2D eigenvalue weighted by Crippen LogP contribution is 2.25. The lowest BCUT2D eigenvalue weighted by molar-refractivity contribution is -0.0498. The second-order valence-corrected chi connectivity index (χ2v) is 5.13. The molecule has 0 heterocycles. The normalized spacial score (nSPS) is 10.5. The molecule has 0 amide bonds. The van der Waals surface area contributed by atoms with Crippen molar-refractivity contribution in [1.82, 2.24) is 0 Å². The molecule has 3 nitrogen and oxygen atoms in total. The van der Waals surface area contributed by atoms with Crippen molar-refractivity contribution in [2.75, 3.05) is 12.4 Å². The molecule has 112 valence electrons. The smallest absolute Gasteiger partial charge is 0.387 e. The minimum atomic E-state index is -2.83. The number of hydrogen-bond acceptors (Lipinski definition) is 3. The number of rotatable bonds is 6. The summed E-state index contributed by atoms with van der Waals surface area (Å²) in [5.74, 6) is 0.877. The van der Waals surface area contributed by atoms with Gasteiger partial charge in [-0.3, -0.25) is 0 Å². The molecule has 0 aromatic heterocycles. The summed E-state index contributed by atoms with van der Waals surface area (Å²) in [6.07, 6.45) is 0. The van der Waals surface area contributed by atoms with Crippen LogP contribution in [0.15, 0.2) is 46.9 Å². The van der Waals surface area contributed by atoms with Gasteiger partial charge in [0.15, 0.2) is 0 Å². The van der Waals surface area contributed by atoms with E-state index in [1.165, 1.54) is 12.1 Å². The van der Waals surface area contributed by atoms with Gasteiger partial charge in [-0.05, 0) is 30.3 Å². The maximum atomic E-state index is 12.2. The van der Waals surface area contributed by atoms with Gasteiger partial charge in [-0.1, -0.05) is 22.0 Å².